The van der Waals surface area contributed by atoms with Gasteiger partial charge in [0.15, 0.2) is 0 Å². The van der Waals surface area contributed by atoms with Crippen LogP contribution >= 0.6 is 38.9 Å². The molecule has 0 saturated carbocycles. The third-order valence-corrected chi connectivity index (χ3v) is 4.18. The Hall–Kier alpha value is -0.720. The summed E-state index contributed by atoms with van der Waals surface area (Å²) < 4.78 is 39.5. The van der Waals surface area contributed by atoms with E-state index in [2.05, 4.69) is 21.2 Å². The molecule has 0 atom stereocenters. The van der Waals surface area contributed by atoms with Crippen LogP contribution in [0, 0.1) is 0 Å². The Balaban J connectivity index is 2.20. The fourth-order valence-corrected chi connectivity index (χ4v) is 2.92. The fourth-order valence-electron chi connectivity index (χ4n) is 1.54. The summed E-state index contributed by atoms with van der Waals surface area (Å²) in [6.45, 7) is 0.326. The Labute approximate surface area is 125 Å². The molecule has 1 heterocycles. The van der Waals surface area contributed by atoms with Gasteiger partial charge in [-0.3, -0.25) is 0 Å². The summed E-state index contributed by atoms with van der Waals surface area (Å²) in [5.74, 6) is 0. The van der Waals surface area contributed by atoms with E-state index < -0.39 is 11.7 Å². The SMILES string of the molecule is FC(F)(F)c1cc(Cl)ccc1NCc1csc(Br)c1. The first kappa shape index (κ1) is 14.7. The van der Waals surface area contributed by atoms with Gasteiger partial charge in [-0.05, 0) is 51.1 Å². The van der Waals surface area contributed by atoms with Crippen LogP contribution in [0.5, 0.6) is 0 Å². The summed E-state index contributed by atoms with van der Waals surface area (Å²) in [7, 11) is 0. The van der Waals surface area contributed by atoms with Gasteiger partial charge in [0.05, 0.1) is 9.35 Å². The highest BCUT2D eigenvalue weighted by Crippen LogP contribution is 2.36. The van der Waals surface area contributed by atoms with E-state index in [0.717, 1.165) is 15.4 Å². The number of anilines is 1. The number of nitrogens with one attached hydrogen (secondary N) is 1. The van der Waals surface area contributed by atoms with E-state index in [1.807, 2.05) is 11.4 Å². The molecule has 0 saturated heterocycles. The molecule has 0 aliphatic rings. The summed E-state index contributed by atoms with van der Waals surface area (Å²) >= 11 is 10.4. The Morgan fingerprint density at radius 3 is 2.58 bits per heavy atom. The number of rotatable bonds is 3. The highest BCUT2D eigenvalue weighted by Gasteiger charge is 2.33. The van der Waals surface area contributed by atoms with Gasteiger partial charge in [-0.1, -0.05) is 11.6 Å². The van der Waals surface area contributed by atoms with E-state index >= 15 is 0 Å². The van der Waals surface area contributed by atoms with Crippen LogP contribution in [-0.2, 0) is 12.7 Å². The molecule has 1 nitrogen and oxygen atoms in total. The maximum absolute atomic E-state index is 12.9. The van der Waals surface area contributed by atoms with Crippen molar-refractivity contribution in [3.63, 3.8) is 0 Å². The van der Waals surface area contributed by atoms with Crippen molar-refractivity contribution >= 4 is 44.6 Å². The first-order valence-corrected chi connectivity index (χ1v) is 7.25. The van der Waals surface area contributed by atoms with Crippen LogP contribution in [0.1, 0.15) is 11.1 Å². The van der Waals surface area contributed by atoms with Crippen molar-refractivity contribution in [2.24, 2.45) is 0 Å². The number of halogens is 5. The molecule has 0 spiro atoms. The maximum atomic E-state index is 12.9. The van der Waals surface area contributed by atoms with Crippen LogP contribution in [0.25, 0.3) is 0 Å². The fraction of sp³-hybridized carbons (Fsp3) is 0.167. The molecule has 2 aromatic rings. The number of benzene rings is 1. The molecule has 0 fully saturated rings. The molecule has 1 aromatic heterocycles. The Bertz CT molecular complexity index is 583. The van der Waals surface area contributed by atoms with Gasteiger partial charge < -0.3 is 5.32 Å². The third-order valence-electron chi connectivity index (χ3n) is 2.39. The molecule has 0 amide bonds. The van der Waals surface area contributed by atoms with Gasteiger partial charge in [0.25, 0.3) is 0 Å². The van der Waals surface area contributed by atoms with Crippen LogP contribution in [0.4, 0.5) is 18.9 Å². The zero-order valence-electron chi connectivity index (χ0n) is 9.39. The zero-order chi connectivity index (χ0) is 14.0. The molecule has 0 aliphatic heterocycles. The minimum Gasteiger partial charge on any atom is -0.380 e. The van der Waals surface area contributed by atoms with Crippen LogP contribution in [-0.4, -0.2) is 0 Å². The van der Waals surface area contributed by atoms with E-state index in [1.54, 1.807) is 0 Å². The van der Waals surface area contributed by atoms with Gasteiger partial charge in [-0.2, -0.15) is 13.2 Å². The average Bonchev–Trinajstić information content (AvgIpc) is 2.72. The minimum absolute atomic E-state index is 0.0271. The molecule has 19 heavy (non-hydrogen) atoms. The van der Waals surface area contributed by atoms with Crippen molar-refractivity contribution in [1.82, 2.24) is 0 Å². The minimum atomic E-state index is -4.43. The molecule has 102 valence electrons. The normalized spacial score (nSPS) is 11.6. The lowest BCUT2D eigenvalue weighted by Crippen LogP contribution is -2.10. The summed E-state index contributed by atoms with van der Waals surface area (Å²) in [5.41, 5.74) is 0.188. The standard InChI is InChI=1S/C12H8BrClF3NS/c13-11-3-7(6-19-11)5-18-10-2-1-8(14)4-9(10)12(15,16)17/h1-4,6,18H,5H2. The Kier molecular flexibility index (Phi) is 4.43. The molecule has 7 heteroatoms. The van der Waals surface area contributed by atoms with Crippen LogP contribution in [0.15, 0.2) is 33.4 Å². The van der Waals surface area contributed by atoms with Crippen molar-refractivity contribution in [3.8, 4) is 0 Å². The summed E-state index contributed by atoms with van der Waals surface area (Å²) in [6, 6.07) is 5.56. The van der Waals surface area contributed by atoms with Crippen LogP contribution in [0.2, 0.25) is 5.02 Å². The van der Waals surface area contributed by atoms with Gasteiger partial charge in [0.2, 0.25) is 0 Å². The van der Waals surface area contributed by atoms with Gasteiger partial charge in [-0.25, -0.2) is 0 Å². The first-order chi connectivity index (χ1) is 8.86. The largest absolute Gasteiger partial charge is 0.418 e. The highest BCUT2D eigenvalue weighted by molar-refractivity contribution is 9.11. The second-order valence-corrected chi connectivity index (χ2v) is 6.53. The van der Waals surface area contributed by atoms with Crippen molar-refractivity contribution in [2.45, 2.75) is 12.7 Å². The third kappa shape index (κ3) is 3.87. The van der Waals surface area contributed by atoms with Crippen LogP contribution in [0.3, 0.4) is 0 Å². The number of alkyl halides is 3. The van der Waals surface area contributed by atoms with E-state index in [-0.39, 0.29) is 10.7 Å². The van der Waals surface area contributed by atoms with Crippen molar-refractivity contribution < 1.29 is 13.2 Å². The lowest BCUT2D eigenvalue weighted by atomic mass is 10.1. The second-order valence-electron chi connectivity index (χ2n) is 3.80. The zero-order valence-corrected chi connectivity index (χ0v) is 12.6. The monoisotopic (exact) mass is 369 g/mol. The molecule has 1 aromatic carbocycles. The first-order valence-electron chi connectivity index (χ1n) is 5.20. The molecule has 2 rings (SSSR count). The van der Waals surface area contributed by atoms with E-state index in [4.69, 9.17) is 11.6 Å². The number of hydrogen-bond donors (Lipinski definition) is 1. The molecular weight excluding hydrogens is 363 g/mol. The van der Waals surface area contributed by atoms with Gasteiger partial charge >= 0.3 is 6.18 Å². The molecule has 0 aliphatic carbocycles. The predicted octanol–water partition coefficient (Wildman–Crippen LogP) is 5.79. The molecular formula is C12H8BrClF3NS. The summed E-state index contributed by atoms with van der Waals surface area (Å²) in [4.78, 5) is 0. The van der Waals surface area contributed by atoms with Crippen molar-refractivity contribution in [2.75, 3.05) is 5.32 Å². The van der Waals surface area contributed by atoms with Gasteiger partial charge in [-0.15, -0.1) is 11.3 Å². The Morgan fingerprint density at radius 1 is 1.26 bits per heavy atom. The van der Waals surface area contributed by atoms with Crippen molar-refractivity contribution in [3.05, 3.63) is 49.6 Å². The topological polar surface area (TPSA) is 12.0 Å². The highest BCUT2D eigenvalue weighted by atomic mass is 79.9. The lowest BCUT2D eigenvalue weighted by Gasteiger charge is -2.14. The van der Waals surface area contributed by atoms with E-state index in [9.17, 15) is 13.2 Å². The molecule has 0 bridgehead atoms. The average molecular weight is 371 g/mol. The number of thiophene rings is 1. The number of hydrogen-bond acceptors (Lipinski definition) is 2. The predicted molar refractivity (Wildman–Crippen MR) is 75.8 cm³/mol. The van der Waals surface area contributed by atoms with E-state index in [0.29, 0.717) is 6.54 Å². The summed E-state index contributed by atoms with van der Waals surface area (Å²) in [6.07, 6.45) is -4.43. The van der Waals surface area contributed by atoms with E-state index in [1.165, 1.54) is 23.5 Å². The summed E-state index contributed by atoms with van der Waals surface area (Å²) in [5, 5.41) is 4.72. The smallest absolute Gasteiger partial charge is 0.380 e. The Morgan fingerprint density at radius 2 is 2.00 bits per heavy atom. The lowest BCUT2D eigenvalue weighted by molar-refractivity contribution is -0.136. The van der Waals surface area contributed by atoms with Gasteiger partial charge in [0.1, 0.15) is 0 Å². The van der Waals surface area contributed by atoms with Crippen LogP contribution < -0.4 is 5.32 Å². The quantitative estimate of drug-likeness (QED) is 0.720. The maximum Gasteiger partial charge on any atom is 0.418 e. The van der Waals surface area contributed by atoms with Crippen molar-refractivity contribution in [1.29, 1.82) is 0 Å². The molecule has 0 unspecified atom stereocenters. The molecule has 1 N–H and O–H groups in total. The molecule has 0 radical (unpaired) electrons. The van der Waals surface area contributed by atoms with Gasteiger partial charge in [0, 0.05) is 17.3 Å². The second kappa shape index (κ2) is 5.73.